The Labute approximate surface area is 307 Å². The van der Waals surface area contributed by atoms with Crippen molar-refractivity contribution in [1.82, 2.24) is 9.13 Å². The minimum absolute atomic E-state index is 0.591. The van der Waals surface area contributed by atoms with E-state index in [4.69, 9.17) is 8.83 Å². The van der Waals surface area contributed by atoms with Gasteiger partial charge in [0.05, 0.1) is 44.5 Å². The summed E-state index contributed by atoms with van der Waals surface area (Å²) in [5, 5.41) is 19.2. The standard InChI is InChI=1S/C49H27N3O2/c50-28-29-24-31(27-33(25-29)52-41-17-6-2-15-39(41)47-43(52)23-21-37-35-13-4-8-19-45(35)54-49(37)47)30-10-9-11-32(26-30)51-40-16-5-1-14-38(40)46-42(51)22-20-36-34-12-3-7-18-44(34)53-48(36)46/h1-27H. The molecule has 0 N–H and O–H groups in total. The molecule has 0 saturated heterocycles. The van der Waals surface area contributed by atoms with Crippen LogP contribution in [0.1, 0.15) is 5.56 Å². The fourth-order valence-corrected chi connectivity index (χ4v) is 8.82. The van der Waals surface area contributed by atoms with E-state index in [1.807, 2.05) is 36.4 Å². The van der Waals surface area contributed by atoms with Crippen LogP contribution in [-0.2, 0) is 0 Å². The SMILES string of the molecule is N#Cc1cc(-c2cccc(-n3c4ccccc4c4c5oc6ccccc6c5ccc43)c2)cc(-n2c3ccccc3c3c4oc5ccccc5c4ccc32)c1. The van der Waals surface area contributed by atoms with Crippen molar-refractivity contribution in [2.24, 2.45) is 0 Å². The van der Waals surface area contributed by atoms with Gasteiger partial charge >= 0.3 is 0 Å². The summed E-state index contributed by atoms with van der Waals surface area (Å²) in [6, 6.07) is 59.3. The highest BCUT2D eigenvalue weighted by Crippen LogP contribution is 2.43. The molecule has 0 radical (unpaired) electrons. The van der Waals surface area contributed by atoms with Gasteiger partial charge in [0.1, 0.15) is 22.3 Å². The third-order valence-corrected chi connectivity index (χ3v) is 11.1. The summed E-state index contributed by atoms with van der Waals surface area (Å²) in [6.45, 7) is 0. The minimum Gasteiger partial charge on any atom is -0.455 e. The van der Waals surface area contributed by atoms with E-state index in [1.54, 1.807) is 0 Å². The molecule has 12 aromatic rings. The van der Waals surface area contributed by atoms with E-state index in [1.165, 1.54) is 0 Å². The molecule has 250 valence electrons. The number of hydrogen-bond donors (Lipinski definition) is 0. The van der Waals surface area contributed by atoms with E-state index in [-0.39, 0.29) is 0 Å². The van der Waals surface area contributed by atoms with Gasteiger partial charge in [-0.15, -0.1) is 0 Å². The average Bonchev–Trinajstić information content (AvgIpc) is 3.98. The first-order valence-corrected chi connectivity index (χ1v) is 18.1. The maximum atomic E-state index is 10.4. The second-order valence-corrected chi connectivity index (χ2v) is 14.0. The lowest BCUT2D eigenvalue weighted by atomic mass is 10.0. The number of nitriles is 1. The number of rotatable bonds is 3. The van der Waals surface area contributed by atoms with Crippen molar-refractivity contribution in [3.05, 3.63) is 169 Å². The van der Waals surface area contributed by atoms with Crippen LogP contribution in [0.5, 0.6) is 0 Å². The summed E-state index contributed by atoms with van der Waals surface area (Å²) in [6.07, 6.45) is 0. The normalized spacial score (nSPS) is 12.1. The van der Waals surface area contributed by atoms with Crippen molar-refractivity contribution in [1.29, 1.82) is 5.26 Å². The average molecular weight is 690 g/mol. The van der Waals surface area contributed by atoms with Crippen molar-refractivity contribution in [3.63, 3.8) is 0 Å². The maximum absolute atomic E-state index is 10.4. The first-order valence-electron chi connectivity index (χ1n) is 18.1. The van der Waals surface area contributed by atoms with Crippen molar-refractivity contribution >= 4 is 87.5 Å². The molecule has 0 aliphatic heterocycles. The molecule has 0 bridgehead atoms. The zero-order valence-corrected chi connectivity index (χ0v) is 28.7. The van der Waals surface area contributed by atoms with Crippen LogP contribution in [0.25, 0.3) is 110 Å². The molecule has 4 aromatic heterocycles. The van der Waals surface area contributed by atoms with Crippen LogP contribution in [-0.4, -0.2) is 9.13 Å². The maximum Gasteiger partial charge on any atom is 0.145 e. The van der Waals surface area contributed by atoms with Crippen molar-refractivity contribution < 1.29 is 8.83 Å². The Balaban J connectivity index is 1.08. The molecule has 0 atom stereocenters. The van der Waals surface area contributed by atoms with Gasteiger partial charge in [0.2, 0.25) is 0 Å². The van der Waals surface area contributed by atoms with Gasteiger partial charge in [-0.1, -0.05) is 84.9 Å². The lowest BCUT2D eigenvalue weighted by Gasteiger charge is -2.13. The number of aromatic nitrogens is 2. The van der Waals surface area contributed by atoms with Gasteiger partial charge < -0.3 is 18.0 Å². The third-order valence-electron chi connectivity index (χ3n) is 11.1. The zero-order chi connectivity index (χ0) is 35.5. The summed E-state index contributed by atoms with van der Waals surface area (Å²) in [5.41, 5.74) is 12.3. The van der Waals surface area contributed by atoms with E-state index >= 15 is 0 Å². The Morgan fingerprint density at radius 3 is 1.50 bits per heavy atom. The fourth-order valence-electron chi connectivity index (χ4n) is 8.82. The van der Waals surface area contributed by atoms with Gasteiger partial charge in [0.25, 0.3) is 0 Å². The number of nitrogens with zero attached hydrogens (tertiary/aromatic N) is 3. The molecule has 4 heterocycles. The highest BCUT2D eigenvalue weighted by molar-refractivity contribution is 6.25. The van der Waals surface area contributed by atoms with E-state index in [9.17, 15) is 5.26 Å². The first-order chi connectivity index (χ1) is 26.7. The molecule has 0 unspecified atom stereocenters. The highest BCUT2D eigenvalue weighted by Gasteiger charge is 2.21. The van der Waals surface area contributed by atoms with Crippen LogP contribution in [0.2, 0.25) is 0 Å². The molecular weight excluding hydrogens is 663 g/mol. The Bertz CT molecular complexity index is 3590. The van der Waals surface area contributed by atoms with Gasteiger partial charge in [0, 0.05) is 43.7 Å². The van der Waals surface area contributed by atoms with Crippen LogP contribution in [0, 0.1) is 11.3 Å². The molecule has 0 amide bonds. The van der Waals surface area contributed by atoms with Gasteiger partial charge in [0.15, 0.2) is 0 Å². The number of hydrogen-bond acceptors (Lipinski definition) is 3. The Kier molecular flexibility index (Phi) is 5.78. The fraction of sp³-hybridized carbons (Fsp3) is 0. The quantitative estimate of drug-likeness (QED) is 0.185. The number of para-hydroxylation sites is 4. The number of fused-ring (bicyclic) bond motifs is 14. The van der Waals surface area contributed by atoms with Crippen molar-refractivity contribution in [2.45, 2.75) is 0 Å². The Hall–Kier alpha value is -7.55. The third kappa shape index (κ3) is 3.91. The molecule has 0 aliphatic carbocycles. The topological polar surface area (TPSA) is 59.9 Å². The second-order valence-electron chi connectivity index (χ2n) is 14.0. The predicted octanol–water partition coefficient (Wildman–Crippen LogP) is 13.2. The van der Waals surface area contributed by atoms with Gasteiger partial charge in [-0.2, -0.15) is 5.26 Å². The predicted molar refractivity (Wildman–Crippen MR) is 220 cm³/mol. The lowest BCUT2D eigenvalue weighted by Crippen LogP contribution is -1.97. The van der Waals surface area contributed by atoms with Crippen LogP contribution < -0.4 is 0 Å². The summed E-state index contributed by atoms with van der Waals surface area (Å²) in [4.78, 5) is 0. The second kappa shape index (κ2) is 10.7. The monoisotopic (exact) mass is 689 g/mol. The largest absolute Gasteiger partial charge is 0.455 e. The Morgan fingerprint density at radius 1 is 0.389 bits per heavy atom. The summed E-state index contributed by atoms with van der Waals surface area (Å²) in [7, 11) is 0. The summed E-state index contributed by atoms with van der Waals surface area (Å²) >= 11 is 0. The minimum atomic E-state index is 0.591. The summed E-state index contributed by atoms with van der Waals surface area (Å²) in [5.74, 6) is 0. The Morgan fingerprint density at radius 2 is 0.907 bits per heavy atom. The molecule has 0 spiro atoms. The molecule has 54 heavy (non-hydrogen) atoms. The van der Waals surface area contributed by atoms with Gasteiger partial charge in [-0.25, -0.2) is 0 Å². The van der Waals surface area contributed by atoms with Gasteiger partial charge in [-0.3, -0.25) is 0 Å². The molecule has 0 saturated carbocycles. The first kappa shape index (κ1) is 29.1. The number of benzene rings is 8. The van der Waals surface area contributed by atoms with E-state index < -0.39 is 0 Å². The molecule has 5 nitrogen and oxygen atoms in total. The van der Waals surface area contributed by atoms with Crippen molar-refractivity contribution in [2.75, 3.05) is 0 Å². The van der Waals surface area contributed by atoms with Crippen LogP contribution >= 0.6 is 0 Å². The molecule has 0 aliphatic rings. The number of furan rings is 2. The summed E-state index contributed by atoms with van der Waals surface area (Å²) < 4.78 is 17.7. The van der Waals surface area contributed by atoms with Crippen LogP contribution in [0.15, 0.2) is 173 Å². The highest BCUT2D eigenvalue weighted by atomic mass is 16.3. The molecule has 0 fully saturated rings. The van der Waals surface area contributed by atoms with E-state index in [0.29, 0.717) is 5.56 Å². The van der Waals surface area contributed by atoms with Crippen LogP contribution in [0.4, 0.5) is 0 Å². The van der Waals surface area contributed by atoms with E-state index in [0.717, 1.165) is 110 Å². The van der Waals surface area contributed by atoms with Crippen molar-refractivity contribution in [3.8, 4) is 28.6 Å². The molecular formula is C49H27N3O2. The molecule has 8 aromatic carbocycles. The zero-order valence-electron chi connectivity index (χ0n) is 28.7. The van der Waals surface area contributed by atoms with Gasteiger partial charge in [-0.05, 0) is 90.0 Å². The van der Waals surface area contributed by atoms with E-state index in [2.05, 4.69) is 143 Å². The smallest absolute Gasteiger partial charge is 0.145 e. The lowest BCUT2D eigenvalue weighted by molar-refractivity contribution is 0.672. The molecule has 5 heteroatoms. The molecule has 12 rings (SSSR count). The van der Waals surface area contributed by atoms with Crippen LogP contribution in [0.3, 0.4) is 0 Å².